The van der Waals surface area contributed by atoms with Gasteiger partial charge >= 0.3 is 0 Å². The van der Waals surface area contributed by atoms with Gasteiger partial charge in [0.25, 0.3) is 0 Å². The summed E-state index contributed by atoms with van der Waals surface area (Å²) in [5.41, 5.74) is 6.18. The lowest BCUT2D eigenvalue weighted by molar-refractivity contribution is 0.0408. The van der Waals surface area contributed by atoms with Crippen molar-refractivity contribution < 1.29 is 4.74 Å². The summed E-state index contributed by atoms with van der Waals surface area (Å²) in [6, 6.07) is 14.2. The van der Waals surface area contributed by atoms with Crippen LogP contribution in [0.3, 0.4) is 0 Å². The third-order valence-corrected chi connectivity index (χ3v) is 7.16. The zero-order valence-electron chi connectivity index (χ0n) is 19.1. The molecule has 6 heteroatoms. The average molecular weight is 482 g/mol. The maximum Gasteiger partial charge on any atom is 0.148 e. The number of ether oxygens (including phenoxy) is 1. The number of hydrogen-bond acceptors (Lipinski definition) is 4. The van der Waals surface area contributed by atoms with Gasteiger partial charge in [0.05, 0.1) is 34.3 Å². The van der Waals surface area contributed by atoms with Gasteiger partial charge in [-0.05, 0) is 60.9 Å². The summed E-state index contributed by atoms with van der Waals surface area (Å²) in [6.45, 7) is 5.05. The number of hydrogen-bond donors (Lipinski definition) is 1. The van der Waals surface area contributed by atoms with Crippen LogP contribution in [-0.4, -0.2) is 22.7 Å². The Morgan fingerprint density at radius 1 is 1.00 bits per heavy atom. The van der Waals surface area contributed by atoms with Crippen LogP contribution in [0.1, 0.15) is 55.2 Å². The molecule has 2 atom stereocenters. The normalized spacial score (nSPS) is 19.5. The third kappa shape index (κ3) is 4.75. The van der Waals surface area contributed by atoms with E-state index in [9.17, 15) is 0 Å². The van der Waals surface area contributed by atoms with Crippen LogP contribution in [0.15, 0.2) is 42.5 Å². The number of aromatic nitrogens is 2. The van der Waals surface area contributed by atoms with Gasteiger partial charge in [-0.15, -0.1) is 0 Å². The summed E-state index contributed by atoms with van der Waals surface area (Å²) < 4.78 is 6.40. The first-order chi connectivity index (χ1) is 16.1. The van der Waals surface area contributed by atoms with Crippen molar-refractivity contribution >= 4 is 29.0 Å². The van der Waals surface area contributed by atoms with Crippen LogP contribution in [0.4, 0.5) is 5.82 Å². The van der Waals surface area contributed by atoms with E-state index in [2.05, 4.69) is 43.4 Å². The zero-order chi connectivity index (χ0) is 22.9. The molecule has 5 rings (SSSR count). The van der Waals surface area contributed by atoms with Crippen LogP contribution >= 0.6 is 23.2 Å². The first-order valence-electron chi connectivity index (χ1n) is 11.9. The van der Waals surface area contributed by atoms with E-state index in [-0.39, 0.29) is 12.1 Å². The van der Waals surface area contributed by atoms with Gasteiger partial charge in [0, 0.05) is 23.6 Å². The standard InChI is InChI=1S/C27H29Cl2N3O/c1-3-22-25(20-12-11-18(28)14-21(20)29)30-23(4-2)27(31-22)32-26-19-8-6-5-7-17(19)13-24(26)33-15-16-9-10-16/h5-8,11-12,14,16,24,26H,3-4,9-10,13,15H2,1-2H3,(H,31,32)/t24-,26+/m0/s1. The summed E-state index contributed by atoms with van der Waals surface area (Å²) in [5, 5.41) is 4.94. The lowest BCUT2D eigenvalue weighted by Gasteiger charge is -2.25. The van der Waals surface area contributed by atoms with E-state index in [1.165, 1.54) is 24.0 Å². The number of anilines is 1. The number of nitrogens with zero attached hydrogens (tertiary/aromatic N) is 2. The fourth-order valence-corrected chi connectivity index (χ4v) is 5.08. The van der Waals surface area contributed by atoms with Crippen LogP contribution in [-0.2, 0) is 24.0 Å². The maximum atomic E-state index is 6.52. The van der Waals surface area contributed by atoms with Crippen LogP contribution < -0.4 is 5.32 Å². The van der Waals surface area contributed by atoms with Crippen molar-refractivity contribution in [1.29, 1.82) is 0 Å². The lowest BCUT2D eigenvalue weighted by Crippen LogP contribution is -2.27. The van der Waals surface area contributed by atoms with Crippen molar-refractivity contribution in [3.8, 4) is 11.3 Å². The molecule has 0 unspecified atom stereocenters. The molecule has 172 valence electrons. The van der Waals surface area contributed by atoms with Crippen LogP contribution in [0, 0.1) is 5.92 Å². The first-order valence-corrected chi connectivity index (χ1v) is 12.6. The highest BCUT2D eigenvalue weighted by atomic mass is 35.5. The topological polar surface area (TPSA) is 47.0 Å². The van der Waals surface area contributed by atoms with E-state index in [4.69, 9.17) is 37.9 Å². The first kappa shape index (κ1) is 22.6. The van der Waals surface area contributed by atoms with Gasteiger partial charge in [-0.25, -0.2) is 9.97 Å². The van der Waals surface area contributed by atoms with E-state index < -0.39 is 0 Å². The predicted molar refractivity (Wildman–Crippen MR) is 135 cm³/mol. The van der Waals surface area contributed by atoms with Gasteiger partial charge < -0.3 is 10.1 Å². The molecule has 2 aliphatic rings. The Morgan fingerprint density at radius 2 is 1.79 bits per heavy atom. The van der Waals surface area contributed by atoms with Gasteiger partial charge in [0.15, 0.2) is 0 Å². The Kier molecular flexibility index (Phi) is 6.60. The Bertz CT molecular complexity index is 1160. The van der Waals surface area contributed by atoms with E-state index >= 15 is 0 Å². The van der Waals surface area contributed by atoms with Crippen LogP contribution in [0.2, 0.25) is 10.0 Å². The minimum absolute atomic E-state index is 0.0641. The van der Waals surface area contributed by atoms with E-state index in [0.717, 1.165) is 60.3 Å². The van der Waals surface area contributed by atoms with Gasteiger partial charge in [0.2, 0.25) is 0 Å². The predicted octanol–water partition coefficient (Wildman–Crippen LogP) is 7.08. The molecule has 33 heavy (non-hydrogen) atoms. The van der Waals surface area contributed by atoms with Crippen molar-refractivity contribution in [1.82, 2.24) is 9.97 Å². The molecule has 1 aromatic heterocycles. The summed E-state index contributed by atoms with van der Waals surface area (Å²) in [7, 11) is 0. The van der Waals surface area contributed by atoms with Crippen molar-refractivity contribution in [2.24, 2.45) is 5.92 Å². The fourth-order valence-electron chi connectivity index (χ4n) is 4.59. The Labute approximate surface area is 205 Å². The fraction of sp³-hybridized carbons (Fsp3) is 0.407. The van der Waals surface area contributed by atoms with Gasteiger partial charge in [-0.2, -0.15) is 0 Å². The highest BCUT2D eigenvalue weighted by Gasteiger charge is 2.35. The van der Waals surface area contributed by atoms with Crippen molar-refractivity contribution in [2.75, 3.05) is 11.9 Å². The zero-order valence-corrected chi connectivity index (χ0v) is 20.6. The van der Waals surface area contributed by atoms with Gasteiger partial charge in [-0.1, -0.05) is 61.3 Å². The molecule has 0 saturated heterocycles. The smallest absolute Gasteiger partial charge is 0.148 e. The molecule has 4 nitrogen and oxygen atoms in total. The van der Waals surface area contributed by atoms with E-state index in [1.54, 1.807) is 6.07 Å². The Balaban J connectivity index is 1.50. The second-order valence-corrected chi connectivity index (χ2v) is 9.83. The molecule has 0 radical (unpaired) electrons. The highest BCUT2D eigenvalue weighted by molar-refractivity contribution is 6.36. The molecule has 1 N–H and O–H groups in total. The summed E-state index contributed by atoms with van der Waals surface area (Å²) in [5.74, 6) is 1.57. The Hall–Kier alpha value is -2.14. The minimum Gasteiger partial charge on any atom is -0.375 e. The monoisotopic (exact) mass is 481 g/mol. The van der Waals surface area contributed by atoms with Crippen molar-refractivity contribution in [2.45, 2.75) is 58.1 Å². The molecule has 0 aliphatic heterocycles. The number of rotatable bonds is 8. The van der Waals surface area contributed by atoms with Gasteiger partial charge in [0.1, 0.15) is 5.82 Å². The quantitative estimate of drug-likeness (QED) is 0.373. The molecule has 2 aromatic carbocycles. The molecule has 0 spiro atoms. The second-order valence-electron chi connectivity index (χ2n) is 8.99. The molecular formula is C27H29Cl2N3O. The van der Waals surface area contributed by atoms with Gasteiger partial charge in [-0.3, -0.25) is 0 Å². The van der Waals surface area contributed by atoms with Crippen LogP contribution in [0.5, 0.6) is 0 Å². The summed E-state index contributed by atoms with van der Waals surface area (Å²) in [4.78, 5) is 10.1. The van der Waals surface area contributed by atoms with Crippen molar-refractivity contribution in [3.05, 3.63) is 75.0 Å². The van der Waals surface area contributed by atoms with Crippen molar-refractivity contribution in [3.63, 3.8) is 0 Å². The third-order valence-electron chi connectivity index (χ3n) is 6.61. The molecule has 0 amide bonds. The summed E-state index contributed by atoms with van der Waals surface area (Å²) in [6.07, 6.45) is 5.12. The number of nitrogens with one attached hydrogen (secondary N) is 1. The Morgan fingerprint density at radius 3 is 2.52 bits per heavy atom. The minimum atomic E-state index is 0.0641. The molecule has 2 aliphatic carbocycles. The molecular weight excluding hydrogens is 453 g/mol. The molecule has 1 saturated carbocycles. The average Bonchev–Trinajstić information content (AvgIpc) is 3.59. The molecule has 0 bridgehead atoms. The second kappa shape index (κ2) is 9.61. The molecule has 1 fully saturated rings. The highest BCUT2D eigenvalue weighted by Crippen LogP contribution is 2.39. The number of aryl methyl sites for hydroxylation is 2. The number of fused-ring (bicyclic) bond motifs is 1. The molecule has 1 heterocycles. The number of benzene rings is 2. The largest absolute Gasteiger partial charge is 0.375 e. The summed E-state index contributed by atoms with van der Waals surface area (Å²) >= 11 is 12.6. The lowest BCUT2D eigenvalue weighted by atomic mass is 10.1. The van der Waals surface area contributed by atoms with E-state index in [0.29, 0.717) is 10.0 Å². The maximum absolute atomic E-state index is 6.52. The van der Waals surface area contributed by atoms with E-state index in [1.807, 2.05) is 12.1 Å². The number of halogens is 2. The van der Waals surface area contributed by atoms with Crippen LogP contribution in [0.25, 0.3) is 11.3 Å². The molecule has 3 aromatic rings. The SMILES string of the molecule is CCc1nc(-c2ccc(Cl)cc2Cl)c(CC)nc1N[C@@H]1c2ccccc2C[C@@H]1OCC1CC1.